The van der Waals surface area contributed by atoms with Crippen molar-refractivity contribution in [3.63, 3.8) is 0 Å². The van der Waals surface area contributed by atoms with Gasteiger partial charge < -0.3 is 15.1 Å². The molecule has 1 fully saturated rings. The molecule has 32 heavy (non-hydrogen) atoms. The van der Waals surface area contributed by atoms with Crippen LogP contribution in [-0.4, -0.2) is 57.9 Å². The second-order valence-electron chi connectivity index (χ2n) is 8.14. The number of hydrogen-bond donors (Lipinski definition) is 1. The Balaban J connectivity index is 1.47. The average Bonchev–Trinajstić information content (AvgIpc) is 2.80. The van der Waals surface area contributed by atoms with Crippen molar-refractivity contribution < 1.29 is 9.18 Å². The first-order valence-corrected chi connectivity index (χ1v) is 10.9. The van der Waals surface area contributed by atoms with E-state index in [1.165, 1.54) is 18.5 Å². The molecule has 0 spiro atoms. The zero-order valence-corrected chi connectivity index (χ0v) is 18.8. The Morgan fingerprint density at radius 3 is 2.75 bits per heavy atom. The molecule has 8 nitrogen and oxygen atoms in total. The number of fused-ring (bicyclic) bond motifs is 1. The monoisotopic (exact) mass is 457 g/mol. The van der Waals surface area contributed by atoms with E-state index in [4.69, 9.17) is 16.6 Å². The zero-order valence-electron chi connectivity index (χ0n) is 18.1. The molecule has 1 N–H and O–H groups in total. The lowest BCUT2D eigenvalue weighted by atomic mass is 9.92. The van der Waals surface area contributed by atoms with Crippen molar-refractivity contribution in [2.45, 2.75) is 25.7 Å². The normalized spacial score (nSPS) is 14.6. The Kier molecular flexibility index (Phi) is 6.64. The quantitative estimate of drug-likeness (QED) is 0.597. The molecule has 1 amide bonds. The fourth-order valence-electron chi connectivity index (χ4n) is 3.77. The van der Waals surface area contributed by atoms with Crippen molar-refractivity contribution in [1.29, 1.82) is 0 Å². The van der Waals surface area contributed by atoms with E-state index in [9.17, 15) is 9.18 Å². The highest BCUT2D eigenvalue weighted by molar-refractivity contribution is 6.31. The predicted octanol–water partition coefficient (Wildman–Crippen LogP) is 4.04. The van der Waals surface area contributed by atoms with Gasteiger partial charge in [-0.05, 0) is 43.4 Å². The fraction of sp³-hybridized carbons (Fsp3) is 0.409. The molecule has 0 aliphatic carbocycles. The number of carbonyl (C=O) groups is 1. The number of rotatable bonds is 6. The van der Waals surface area contributed by atoms with Gasteiger partial charge in [-0.25, -0.2) is 24.3 Å². The van der Waals surface area contributed by atoms with Gasteiger partial charge >= 0.3 is 0 Å². The topological polar surface area (TPSA) is 87.1 Å². The number of hydrogen-bond acceptors (Lipinski definition) is 7. The Hall–Kier alpha value is -3.07. The summed E-state index contributed by atoms with van der Waals surface area (Å²) in [5.41, 5.74) is 1.79. The van der Waals surface area contributed by atoms with E-state index in [1.54, 1.807) is 31.3 Å². The van der Waals surface area contributed by atoms with Crippen LogP contribution >= 0.6 is 11.6 Å². The van der Waals surface area contributed by atoms with Gasteiger partial charge in [0.2, 0.25) is 11.9 Å². The van der Waals surface area contributed by atoms with E-state index in [2.05, 4.69) is 25.2 Å². The summed E-state index contributed by atoms with van der Waals surface area (Å²) in [5, 5.41) is 3.17. The molecule has 10 heteroatoms. The summed E-state index contributed by atoms with van der Waals surface area (Å²) in [6.07, 6.45) is 6.60. The highest BCUT2D eigenvalue weighted by Crippen LogP contribution is 2.28. The molecule has 1 aliphatic rings. The summed E-state index contributed by atoms with van der Waals surface area (Å²) in [6, 6.07) is 4.38. The van der Waals surface area contributed by atoms with Crippen molar-refractivity contribution >= 4 is 46.0 Å². The first kappa shape index (κ1) is 22.1. The van der Waals surface area contributed by atoms with Crippen molar-refractivity contribution in [3.05, 3.63) is 41.6 Å². The molecule has 2 aromatic heterocycles. The van der Waals surface area contributed by atoms with Crippen LogP contribution in [0.3, 0.4) is 0 Å². The van der Waals surface area contributed by atoms with Gasteiger partial charge in [-0.1, -0.05) is 11.6 Å². The number of amides is 1. The molecule has 168 valence electrons. The molecule has 3 heterocycles. The van der Waals surface area contributed by atoms with Gasteiger partial charge in [-0.15, -0.1) is 0 Å². The summed E-state index contributed by atoms with van der Waals surface area (Å²) in [4.78, 5) is 33.4. The van der Waals surface area contributed by atoms with Crippen LogP contribution in [0.25, 0.3) is 11.0 Å². The van der Waals surface area contributed by atoms with Crippen molar-refractivity contribution in [2.24, 2.45) is 5.92 Å². The lowest BCUT2D eigenvalue weighted by Gasteiger charge is -2.32. The van der Waals surface area contributed by atoms with Gasteiger partial charge in [-0.2, -0.15) is 0 Å². The van der Waals surface area contributed by atoms with Crippen molar-refractivity contribution in [3.8, 4) is 0 Å². The summed E-state index contributed by atoms with van der Waals surface area (Å²) in [6.45, 7) is 1.66. The van der Waals surface area contributed by atoms with Crippen LogP contribution in [0, 0.1) is 11.7 Å². The molecule has 0 radical (unpaired) electrons. The summed E-state index contributed by atoms with van der Waals surface area (Å²) >= 11 is 5.89. The predicted molar refractivity (Wildman–Crippen MR) is 123 cm³/mol. The molecule has 0 bridgehead atoms. The summed E-state index contributed by atoms with van der Waals surface area (Å²) in [5.74, 6) is 1.34. The average molecular weight is 458 g/mol. The second kappa shape index (κ2) is 9.60. The molecule has 1 aromatic carbocycles. The van der Waals surface area contributed by atoms with E-state index in [1.807, 2.05) is 0 Å². The minimum Gasteiger partial charge on any atom is -0.349 e. The minimum atomic E-state index is -0.483. The number of benzene rings is 1. The van der Waals surface area contributed by atoms with Gasteiger partial charge in [-0.3, -0.25) is 4.79 Å². The highest BCUT2D eigenvalue weighted by Gasteiger charge is 2.22. The standard InChI is InChI=1S/C22H25ClFN7O/c1-30(2)19(32)6-3-14-7-9-31(10-8-14)22-25-12-18-20(29-22)21(27-13-26-18)28-15-4-5-17(24)16(23)11-15/h4-5,11-14H,3,6-10H2,1-2H3,(H,26,27,28). The third-order valence-corrected chi connectivity index (χ3v) is 6.00. The number of aromatic nitrogens is 4. The van der Waals surface area contributed by atoms with Crippen LogP contribution in [0.2, 0.25) is 5.02 Å². The van der Waals surface area contributed by atoms with Crippen molar-refractivity contribution in [1.82, 2.24) is 24.8 Å². The molecule has 1 saturated heterocycles. The molecule has 0 atom stereocenters. The van der Waals surface area contributed by atoms with E-state index in [0.29, 0.717) is 40.8 Å². The maximum Gasteiger partial charge on any atom is 0.226 e. The number of anilines is 3. The fourth-order valence-corrected chi connectivity index (χ4v) is 3.95. The van der Waals surface area contributed by atoms with E-state index in [-0.39, 0.29) is 10.9 Å². The number of piperidine rings is 1. The van der Waals surface area contributed by atoms with Crippen LogP contribution in [0.1, 0.15) is 25.7 Å². The van der Waals surface area contributed by atoms with Gasteiger partial charge in [0.1, 0.15) is 23.2 Å². The largest absolute Gasteiger partial charge is 0.349 e. The minimum absolute atomic E-state index is 0.0267. The molecule has 0 unspecified atom stereocenters. The SMILES string of the molecule is CN(C)C(=O)CCC1CCN(c2ncc3ncnc(Nc4ccc(F)c(Cl)c4)c3n2)CC1. The number of nitrogens with one attached hydrogen (secondary N) is 1. The first-order valence-electron chi connectivity index (χ1n) is 10.6. The molecule has 0 saturated carbocycles. The number of carbonyl (C=O) groups excluding carboxylic acids is 1. The molecule has 1 aliphatic heterocycles. The highest BCUT2D eigenvalue weighted by atomic mass is 35.5. The lowest BCUT2D eigenvalue weighted by Crippen LogP contribution is -2.35. The van der Waals surface area contributed by atoms with Gasteiger partial charge in [0.25, 0.3) is 0 Å². The van der Waals surface area contributed by atoms with E-state index < -0.39 is 5.82 Å². The van der Waals surface area contributed by atoms with Gasteiger partial charge in [0, 0.05) is 39.3 Å². The number of halogens is 2. The van der Waals surface area contributed by atoms with E-state index in [0.717, 1.165) is 32.4 Å². The van der Waals surface area contributed by atoms with Gasteiger partial charge in [0.15, 0.2) is 5.82 Å². The second-order valence-corrected chi connectivity index (χ2v) is 8.54. The maximum atomic E-state index is 13.5. The first-order chi connectivity index (χ1) is 15.4. The molecule has 3 aromatic rings. The number of nitrogens with zero attached hydrogens (tertiary/aromatic N) is 6. The van der Waals surface area contributed by atoms with E-state index >= 15 is 0 Å². The summed E-state index contributed by atoms with van der Waals surface area (Å²) < 4.78 is 13.5. The van der Waals surface area contributed by atoms with Crippen LogP contribution in [0.4, 0.5) is 21.8 Å². The Bertz CT molecular complexity index is 1120. The third-order valence-electron chi connectivity index (χ3n) is 5.71. The Morgan fingerprint density at radius 1 is 1.25 bits per heavy atom. The Morgan fingerprint density at radius 2 is 2.03 bits per heavy atom. The van der Waals surface area contributed by atoms with Crippen molar-refractivity contribution in [2.75, 3.05) is 37.4 Å². The third kappa shape index (κ3) is 5.04. The van der Waals surface area contributed by atoms with Crippen LogP contribution in [-0.2, 0) is 4.79 Å². The lowest BCUT2D eigenvalue weighted by molar-refractivity contribution is -0.129. The zero-order chi connectivity index (χ0) is 22.7. The maximum absolute atomic E-state index is 13.5. The summed E-state index contributed by atoms with van der Waals surface area (Å²) in [7, 11) is 3.58. The molecular formula is C22H25ClFN7O. The van der Waals surface area contributed by atoms with Crippen LogP contribution in [0.5, 0.6) is 0 Å². The smallest absolute Gasteiger partial charge is 0.226 e. The Labute approximate surface area is 190 Å². The molecular weight excluding hydrogens is 433 g/mol. The van der Waals surface area contributed by atoms with Crippen LogP contribution < -0.4 is 10.2 Å². The van der Waals surface area contributed by atoms with Crippen LogP contribution in [0.15, 0.2) is 30.7 Å². The van der Waals surface area contributed by atoms with Gasteiger partial charge in [0.05, 0.1) is 11.2 Å². The molecule has 4 rings (SSSR count).